The maximum absolute atomic E-state index is 12.1. The molecule has 0 aliphatic carbocycles. The predicted molar refractivity (Wildman–Crippen MR) is 68.8 cm³/mol. The summed E-state index contributed by atoms with van der Waals surface area (Å²) in [6.07, 6.45) is 2.45. The zero-order chi connectivity index (χ0) is 13.0. The number of piperazine rings is 1. The first-order valence-corrected chi connectivity index (χ1v) is 7.22. The van der Waals surface area contributed by atoms with E-state index in [9.17, 15) is 4.79 Å². The Bertz CT molecular complexity index is 271. The van der Waals surface area contributed by atoms with Crippen molar-refractivity contribution in [2.75, 3.05) is 46.4 Å². The van der Waals surface area contributed by atoms with Gasteiger partial charge in [-0.25, -0.2) is 0 Å². The molecule has 2 atom stereocenters. The van der Waals surface area contributed by atoms with Crippen LogP contribution in [-0.4, -0.2) is 64.4 Å². The van der Waals surface area contributed by atoms with Crippen LogP contribution in [0.3, 0.4) is 0 Å². The number of hydrogen-bond acceptors (Lipinski definition) is 2. The fourth-order valence-corrected chi connectivity index (χ4v) is 2.79. The molecule has 3 N–H and O–H groups in total. The summed E-state index contributed by atoms with van der Waals surface area (Å²) < 4.78 is 5.52. The number of hydrogen-bond donors (Lipinski definition) is 3. The Hall–Kier alpha value is -0.650. The average Bonchev–Trinajstić information content (AvgIpc) is 2.89. The first-order valence-electron chi connectivity index (χ1n) is 7.22. The molecule has 18 heavy (non-hydrogen) atoms. The fourth-order valence-electron chi connectivity index (χ4n) is 2.79. The van der Waals surface area contributed by atoms with E-state index in [1.54, 1.807) is 4.90 Å². The number of rotatable bonds is 4. The van der Waals surface area contributed by atoms with Crippen LogP contribution in [0.4, 0.5) is 0 Å². The van der Waals surface area contributed by atoms with E-state index in [4.69, 9.17) is 4.74 Å². The lowest BCUT2D eigenvalue weighted by Gasteiger charge is -2.31. The van der Waals surface area contributed by atoms with Crippen molar-refractivity contribution < 1.29 is 19.3 Å². The number of quaternary nitrogens is 2. The van der Waals surface area contributed by atoms with Crippen LogP contribution in [0.1, 0.15) is 19.8 Å². The van der Waals surface area contributed by atoms with Gasteiger partial charge in [-0.05, 0) is 19.8 Å². The third-order valence-corrected chi connectivity index (χ3v) is 4.28. The maximum atomic E-state index is 12.1. The van der Waals surface area contributed by atoms with Gasteiger partial charge in [0.25, 0.3) is 5.91 Å². The molecule has 0 aromatic rings. The van der Waals surface area contributed by atoms with E-state index in [1.807, 2.05) is 6.92 Å². The molecule has 5 nitrogen and oxygen atoms in total. The lowest BCUT2D eigenvalue weighted by Crippen LogP contribution is -3.29. The third kappa shape index (κ3) is 3.67. The number of ether oxygens (including phenoxy) is 1. The van der Waals surface area contributed by atoms with Gasteiger partial charge in [0, 0.05) is 13.2 Å². The van der Waals surface area contributed by atoms with Crippen molar-refractivity contribution in [2.45, 2.75) is 31.9 Å². The van der Waals surface area contributed by atoms with Crippen molar-refractivity contribution in [3.8, 4) is 0 Å². The second-order valence-corrected chi connectivity index (χ2v) is 5.72. The highest BCUT2D eigenvalue weighted by Crippen LogP contribution is 2.10. The van der Waals surface area contributed by atoms with Crippen molar-refractivity contribution in [1.82, 2.24) is 5.32 Å². The molecule has 0 aromatic carbocycles. The van der Waals surface area contributed by atoms with E-state index in [1.165, 1.54) is 18.0 Å². The van der Waals surface area contributed by atoms with Crippen LogP contribution in [0.5, 0.6) is 0 Å². The van der Waals surface area contributed by atoms with E-state index in [0.717, 1.165) is 32.5 Å². The number of amides is 1. The second-order valence-electron chi connectivity index (χ2n) is 5.72. The Labute approximate surface area is 109 Å². The maximum Gasteiger partial charge on any atom is 0.278 e. The molecule has 0 spiro atoms. The average molecular weight is 257 g/mol. The van der Waals surface area contributed by atoms with Crippen molar-refractivity contribution >= 4 is 5.91 Å². The molecule has 0 aromatic heterocycles. The zero-order valence-electron chi connectivity index (χ0n) is 11.6. The van der Waals surface area contributed by atoms with Gasteiger partial charge in [-0.3, -0.25) is 4.79 Å². The molecule has 2 aliphatic heterocycles. The van der Waals surface area contributed by atoms with Crippen molar-refractivity contribution in [3.05, 3.63) is 0 Å². The van der Waals surface area contributed by atoms with E-state index >= 15 is 0 Å². The summed E-state index contributed by atoms with van der Waals surface area (Å²) in [6, 6.07) is 0.0690. The number of carbonyl (C=O) groups excluding carboxylic acids is 1. The molecular formula is C13H27N3O2+2. The van der Waals surface area contributed by atoms with Crippen LogP contribution < -0.4 is 15.1 Å². The number of likely N-dealkylation sites (N-methyl/N-ethyl adjacent to an activating group) is 1. The molecule has 0 saturated carbocycles. The highest BCUT2D eigenvalue weighted by Gasteiger charge is 2.30. The molecule has 104 valence electrons. The molecule has 2 saturated heterocycles. The van der Waals surface area contributed by atoms with Gasteiger partial charge in [0.05, 0.1) is 13.2 Å². The second kappa shape index (κ2) is 6.50. The van der Waals surface area contributed by atoms with E-state index < -0.39 is 0 Å². The lowest BCUT2D eigenvalue weighted by molar-refractivity contribution is -1.01. The first kappa shape index (κ1) is 13.8. The molecule has 0 unspecified atom stereocenters. The minimum Gasteiger partial charge on any atom is -0.376 e. The van der Waals surface area contributed by atoms with Gasteiger partial charge in [0.2, 0.25) is 0 Å². The quantitative estimate of drug-likeness (QED) is 0.505. The topological polar surface area (TPSA) is 47.2 Å². The van der Waals surface area contributed by atoms with E-state index in [0.29, 0.717) is 6.54 Å². The van der Waals surface area contributed by atoms with Gasteiger partial charge < -0.3 is 19.9 Å². The minimum atomic E-state index is 0.0690. The van der Waals surface area contributed by atoms with Crippen LogP contribution in [0.2, 0.25) is 0 Å². The Morgan fingerprint density at radius 3 is 2.72 bits per heavy atom. The van der Waals surface area contributed by atoms with Crippen molar-refractivity contribution in [1.29, 1.82) is 0 Å². The van der Waals surface area contributed by atoms with Crippen LogP contribution >= 0.6 is 0 Å². The Morgan fingerprint density at radius 2 is 2.11 bits per heavy atom. The van der Waals surface area contributed by atoms with Gasteiger partial charge in [-0.2, -0.15) is 0 Å². The van der Waals surface area contributed by atoms with E-state index in [2.05, 4.69) is 12.4 Å². The number of nitrogens with one attached hydrogen (secondary N) is 3. The molecule has 0 bridgehead atoms. The summed E-state index contributed by atoms with van der Waals surface area (Å²) in [5, 5.41) is 3.04. The standard InChI is InChI=1S/C13H25N3O2/c1-11(16-7-5-15(2)6-8-16)13(17)14-10-12-4-3-9-18-12/h11-12H,3-10H2,1-2H3,(H,14,17)/p+2/t11-,12+/m1/s1. The van der Waals surface area contributed by atoms with Gasteiger partial charge in [0.1, 0.15) is 26.2 Å². The molecule has 2 heterocycles. The highest BCUT2D eigenvalue weighted by molar-refractivity contribution is 5.79. The SMILES string of the molecule is C[C@H](C(=O)NC[C@@H]1CCCO1)[NH+]1CC[NH+](C)CC1. The van der Waals surface area contributed by atoms with Crippen LogP contribution in [0, 0.1) is 0 Å². The monoisotopic (exact) mass is 257 g/mol. The summed E-state index contributed by atoms with van der Waals surface area (Å²) in [4.78, 5) is 15.1. The molecule has 0 radical (unpaired) electrons. The summed E-state index contributed by atoms with van der Waals surface area (Å²) in [5.74, 6) is 0.181. The molecule has 1 amide bonds. The molecule has 5 heteroatoms. The highest BCUT2D eigenvalue weighted by atomic mass is 16.5. The van der Waals surface area contributed by atoms with Gasteiger partial charge in [-0.1, -0.05) is 0 Å². The van der Waals surface area contributed by atoms with E-state index in [-0.39, 0.29) is 18.1 Å². The van der Waals surface area contributed by atoms with Gasteiger partial charge >= 0.3 is 0 Å². The van der Waals surface area contributed by atoms with Crippen LogP contribution in [0.25, 0.3) is 0 Å². The van der Waals surface area contributed by atoms with Crippen LogP contribution in [-0.2, 0) is 9.53 Å². The Morgan fingerprint density at radius 1 is 1.39 bits per heavy atom. The summed E-state index contributed by atoms with van der Waals surface area (Å²) in [5.41, 5.74) is 0. The van der Waals surface area contributed by atoms with Crippen molar-refractivity contribution in [3.63, 3.8) is 0 Å². The van der Waals surface area contributed by atoms with Gasteiger partial charge in [0.15, 0.2) is 6.04 Å². The summed E-state index contributed by atoms with van der Waals surface area (Å²) in [6.45, 7) is 8.10. The zero-order valence-corrected chi connectivity index (χ0v) is 11.6. The fraction of sp³-hybridized carbons (Fsp3) is 0.923. The first-order chi connectivity index (χ1) is 8.66. The normalized spacial score (nSPS) is 34.2. The Kier molecular flexibility index (Phi) is 4.97. The smallest absolute Gasteiger partial charge is 0.278 e. The molecule has 2 fully saturated rings. The molecule has 2 aliphatic rings. The van der Waals surface area contributed by atoms with Crippen molar-refractivity contribution in [2.24, 2.45) is 0 Å². The largest absolute Gasteiger partial charge is 0.376 e. The minimum absolute atomic E-state index is 0.0690. The van der Waals surface area contributed by atoms with Crippen LogP contribution in [0.15, 0.2) is 0 Å². The number of carbonyl (C=O) groups is 1. The van der Waals surface area contributed by atoms with Gasteiger partial charge in [-0.15, -0.1) is 0 Å². The summed E-state index contributed by atoms with van der Waals surface area (Å²) >= 11 is 0. The summed E-state index contributed by atoms with van der Waals surface area (Å²) in [7, 11) is 2.22. The predicted octanol–water partition coefficient (Wildman–Crippen LogP) is -2.92. The lowest BCUT2D eigenvalue weighted by atomic mass is 10.2. The Balaban J connectivity index is 1.70. The molecular weight excluding hydrogens is 230 g/mol. The molecule has 2 rings (SSSR count). The third-order valence-electron chi connectivity index (χ3n) is 4.28.